The van der Waals surface area contributed by atoms with Crippen molar-refractivity contribution in [1.29, 1.82) is 0 Å². The van der Waals surface area contributed by atoms with Crippen LogP contribution in [0.1, 0.15) is 26.7 Å². The average molecular weight is 315 g/mol. The van der Waals surface area contributed by atoms with Gasteiger partial charge in [-0.2, -0.15) is 0 Å². The van der Waals surface area contributed by atoms with Crippen molar-refractivity contribution in [3.05, 3.63) is 28.5 Å². The van der Waals surface area contributed by atoms with Gasteiger partial charge in [0.2, 0.25) is 0 Å². The van der Waals surface area contributed by atoms with Gasteiger partial charge in [0.15, 0.2) is 0 Å². The van der Waals surface area contributed by atoms with E-state index < -0.39 is 0 Å². The summed E-state index contributed by atoms with van der Waals surface area (Å²) >= 11 is 3.52. The van der Waals surface area contributed by atoms with Gasteiger partial charge in [0.25, 0.3) is 0 Å². The molecule has 0 saturated carbocycles. The van der Waals surface area contributed by atoms with E-state index in [1.165, 1.54) is 6.07 Å². The number of rotatable bonds is 2. The maximum atomic E-state index is 13.4. The van der Waals surface area contributed by atoms with Gasteiger partial charge in [0, 0.05) is 23.1 Å². The molecule has 0 spiro atoms. The average Bonchev–Trinajstić information content (AvgIpc) is 2.55. The minimum Gasteiger partial charge on any atom is -0.369 e. The summed E-state index contributed by atoms with van der Waals surface area (Å²) in [6.45, 7) is 7.32. The molecule has 1 aliphatic rings. The molecule has 0 aliphatic carbocycles. The summed E-state index contributed by atoms with van der Waals surface area (Å²) in [5.74, 6) is -0.177. The van der Waals surface area contributed by atoms with Crippen molar-refractivity contribution < 1.29 is 4.39 Å². The molecule has 1 aliphatic heterocycles. The minimum atomic E-state index is -0.177. The molecule has 1 fully saturated rings. The summed E-state index contributed by atoms with van der Waals surface area (Å²) in [7, 11) is 0. The highest BCUT2D eigenvalue weighted by Crippen LogP contribution is 2.29. The predicted molar refractivity (Wildman–Crippen MR) is 77.6 cm³/mol. The maximum Gasteiger partial charge on any atom is 0.125 e. The van der Waals surface area contributed by atoms with Gasteiger partial charge in [0.05, 0.1) is 5.69 Å². The summed E-state index contributed by atoms with van der Waals surface area (Å²) in [4.78, 5) is 2.27. The number of benzene rings is 1. The number of hydrogen-bond acceptors (Lipinski definition) is 2. The molecule has 2 nitrogen and oxygen atoms in total. The first-order chi connectivity index (χ1) is 8.54. The van der Waals surface area contributed by atoms with Gasteiger partial charge in [-0.1, -0.05) is 6.92 Å². The zero-order chi connectivity index (χ0) is 13.2. The van der Waals surface area contributed by atoms with E-state index in [1.54, 1.807) is 12.1 Å². The zero-order valence-electron chi connectivity index (χ0n) is 11.0. The molecule has 1 saturated heterocycles. The third-order valence-electron chi connectivity index (χ3n) is 3.73. The van der Waals surface area contributed by atoms with Gasteiger partial charge >= 0.3 is 0 Å². The van der Waals surface area contributed by atoms with Crippen LogP contribution in [0.4, 0.5) is 10.1 Å². The smallest absolute Gasteiger partial charge is 0.125 e. The van der Waals surface area contributed by atoms with E-state index in [0.717, 1.165) is 42.6 Å². The Morgan fingerprint density at radius 3 is 3.00 bits per heavy atom. The molecule has 0 radical (unpaired) electrons. The van der Waals surface area contributed by atoms with E-state index in [-0.39, 0.29) is 11.4 Å². The molecule has 1 aromatic rings. The number of anilines is 1. The van der Waals surface area contributed by atoms with Crippen molar-refractivity contribution in [3.8, 4) is 0 Å². The van der Waals surface area contributed by atoms with Crippen LogP contribution in [-0.4, -0.2) is 25.2 Å². The fraction of sp³-hybridized carbons (Fsp3) is 0.571. The second-order valence-corrected chi connectivity index (χ2v) is 6.07. The Morgan fingerprint density at radius 2 is 2.28 bits per heavy atom. The number of nitrogens with zero attached hydrogens (tertiary/aromatic N) is 1. The number of hydrogen-bond donors (Lipinski definition) is 1. The molecule has 100 valence electrons. The summed E-state index contributed by atoms with van der Waals surface area (Å²) in [6.07, 6.45) is 2.15. The van der Waals surface area contributed by atoms with Gasteiger partial charge in [-0.15, -0.1) is 0 Å². The molecule has 4 heteroatoms. The van der Waals surface area contributed by atoms with Gasteiger partial charge in [-0.25, -0.2) is 4.39 Å². The third kappa shape index (κ3) is 3.04. The van der Waals surface area contributed by atoms with Crippen molar-refractivity contribution in [3.63, 3.8) is 0 Å². The summed E-state index contributed by atoms with van der Waals surface area (Å²) in [5, 5.41) is 3.59. The van der Waals surface area contributed by atoms with E-state index in [4.69, 9.17) is 0 Å². The highest BCUT2D eigenvalue weighted by Gasteiger charge is 2.28. The molecule has 1 unspecified atom stereocenters. The minimum absolute atomic E-state index is 0.0995. The lowest BCUT2D eigenvalue weighted by atomic mass is 9.98. The Morgan fingerprint density at radius 1 is 1.50 bits per heavy atom. The molecule has 1 heterocycles. The van der Waals surface area contributed by atoms with E-state index in [2.05, 4.69) is 40.0 Å². The highest BCUT2D eigenvalue weighted by molar-refractivity contribution is 9.10. The van der Waals surface area contributed by atoms with Crippen LogP contribution in [0, 0.1) is 5.82 Å². The first kappa shape index (κ1) is 13.8. The molecule has 18 heavy (non-hydrogen) atoms. The molecule has 0 amide bonds. The Labute approximate surface area is 117 Å². The van der Waals surface area contributed by atoms with Crippen molar-refractivity contribution in [1.82, 2.24) is 5.32 Å². The van der Waals surface area contributed by atoms with Crippen LogP contribution in [0.15, 0.2) is 22.7 Å². The SMILES string of the molecule is CCC1(C)CN(c2cc(F)ccc2Br)CCCN1. The Hall–Kier alpha value is -0.610. The van der Waals surface area contributed by atoms with Crippen molar-refractivity contribution in [2.45, 2.75) is 32.2 Å². The van der Waals surface area contributed by atoms with Crippen LogP contribution < -0.4 is 10.2 Å². The van der Waals surface area contributed by atoms with Gasteiger partial charge in [-0.05, 0) is 60.4 Å². The molecule has 1 atom stereocenters. The van der Waals surface area contributed by atoms with Crippen LogP contribution >= 0.6 is 15.9 Å². The highest BCUT2D eigenvalue weighted by atomic mass is 79.9. The second-order valence-electron chi connectivity index (χ2n) is 5.21. The molecule has 1 N–H and O–H groups in total. The van der Waals surface area contributed by atoms with Crippen LogP contribution in [0.2, 0.25) is 0 Å². The maximum absolute atomic E-state index is 13.4. The Kier molecular flexibility index (Phi) is 4.28. The van der Waals surface area contributed by atoms with Crippen molar-refractivity contribution in [2.24, 2.45) is 0 Å². The topological polar surface area (TPSA) is 15.3 Å². The zero-order valence-corrected chi connectivity index (χ0v) is 12.6. The lowest BCUT2D eigenvalue weighted by Gasteiger charge is -2.34. The summed E-state index contributed by atoms with van der Waals surface area (Å²) in [5.41, 5.74) is 1.06. The van der Waals surface area contributed by atoms with Crippen LogP contribution in [0.3, 0.4) is 0 Å². The van der Waals surface area contributed by atoms with E-state index in [1.807, 2.05) is 0 Å². The predicted octanol–water partition coefficient (Wildman–Crippen LogP) is 3.56. The van der Waals surface area contributed by atoms with Gasteiger partial charge in [0.1, 0.15) is 5.82 Å². The largest absolute Gasteiger partial charge is 0.369 e. The van der Waals surface area contributed by atoms with Crippen LogP contribution in [0.5, 0.6) is 0 Å². The first-order valence-electron chi connectivity index (χ1n) is 6.49. The quantitative estimate of drug-likeness (QED) is 0.898. The summed E-state index contributed by atoms with van der Waals surface area (Å²) < 4.78 is 14.4. The molecule has 1 aromatic carbocycles. The normalized spacial score (nSPS) is 25.0. The fourth-order valence-corrected chi connectivity index (χ4v) is 2.88. The lowest BCUT2D eigenvalue weighted by molar-refractivity contribution is 0.366. The molecule has 0 aromatic heterocycles. The molecular weight excluding hydrogens is 295 g/mol. The lowest BCUT2D eigenvalue weighted by Crippen LogP contribution is -2.48. The van der Waals surface area contributed by atoms with Gasteiger partial charge < -0.3 is 10.2 Å². The Balaban J connectivity index is 2.28. The summed E-state index contributed by atoms with van der Waals surface area (Å²) in [6, 6.07) is 4.89. The van der Waals surface area contributed by atoms with Crippen molar-refractivity contribution >= 4 is 21.6 Å². The van der Waals surface area contributed by atoms with Crippen LogP contribution in [0.25, 0.3) is 0 Å². The van der Waals surface area contributed by atoms with Crippen molar-refractivity contribution in [2.75, 3.05) is 24.5 Å². The third-order valence-corrected chi connectivity index (χ3v) is 4.40. The van der Waals surface area contributed by atoms with E-state index in [9.17, 15) is 4.39 Å². The Bertz CT molecular complexity index is 424. The number of nitrogens with one attached hydrogen (secondary N) is 1. The van der Waals surface area contributed by atoms with E-state index in [0.29, 0.717) is 0 Å². The first-order valence-corrected chi connectivity index (χ1v) is 7.28. The molecule has 2 rings (SSSR count). The van der Waals surface area contributed by atoms with E-state index >= 15 is 0 Å². The number of halogens is 2. The monoisotopic (exact) mass is 314 g/mol. The molecule has 0 bridgehead atoms. The van der Waals surface area contributed by atoms with Gasteiger partial charge in [-0.3, -0.25) is 0 Å². The van der Waals surface area contributed by atoms with Crippen LogP contribution in [-0.2, 0) is 0 Å². The second kappa shape index (κ2) is 5.57. The fourth-order valence-electron chi connectivity index (χ4n) is 2.39. The molecular formula is C14H20BrFN2. The standard InChI is InChI=1S/C14H20BrFN2/c1-3-14(2)10-18(8-4-7-17-14)13-9-11(16)5-6-12(13)15/h5-6,9,17H,3-4,7-8,10H2,1-2H3.